The van der Waals surface area contributed by atoms with E-state index in [1.165, 1.54) is 4.31 Å². The third-order valence-electron chi connectivity index (χ3n) is 5.86. The summed E-state index contributed by atoms with van der Waals surface area (Å²) in [4.78, 5) is 12.9. The van der Waals surface area contributed by atoms with Crippen molar-refractivity contribution in [2.75, 3.05) is 10.8 Å². The second kappa shape index (κ2) is 9.29. The van der Waals surface area contributed by atoms with Gasteiger partial charge in [-0.25, -0.2) is 8.42 Å². The van der Waals surface area contributed by atoms with Crippen molar-refractivity contribution in [2.45, 2.75) is 24.7 Å². The molecule has 0 saturated heterocycles. The molecule has 4 aromatic rings. The van der Waals surface area contributed by atoms with Crippen molar-refractivity contribution in [2.24, 2.45) is 0 Å². The van der Waals surface area contributed by atoms with Crippen LogP contribution >= 0.6 is 0 Å². The Morgan fingerprint density at radius 2 is 1.41 bits per heavy atom. The lowest BCUT2D eigenvalue weighted by Crippen LogP contribution is -2.38. The van der Waals surface area contributed by atoms with Gasteiger partial charge in [0.05, 0.1) is 23.8 Å². The van der Waals surface area contributed by atoms with E-state index in [1.807, 2.05) is 66.7 Å². The van der Waals surface area contributed by atoms with E-state index in [0.29, 0.717) is 30.8 Å². The minimum absolute atomic E-state index is 0.249. The molecular formula is C27H24N2O4S. The molecule has 0 fully saturated rings. The second-order valence-corrected chi connectivity index (χ2v) is 10.0. The number of hydrogen-bond donors (Lipinski definition) is 1. The molecule has 1 aliphatic rings. The van der Waals surface area contributed by atoms with Crippen molar-refractivity contribution >= 4 is 32.4 Å². The summed E-state index contributed by atoms with van der Waals surface area (Å²) >= 11 is 0. The summed E-state index contributed by atoms with van der Waals surface area (Å²) in [5.74, 6) is -0.358. The number of nitrogens with zero attached hydrogens (tertiary/aromatic N) is 1. The van der Waals surface area contributed by atoms with Crippen molar-refractivity contribution in [1.29, 1.82) is 0 Å². The first-order valence-corrected chi connectivity index (χ1v) is 12.5. The van der Waals surface area contributed by atoms with Crippen LogP contribution in [-0.2, 0) is 39.3 Å². The van der Waals surface area contributed by atoms with E-state index >= 15 is 0 Å². The summed E-state index contributed by atoms with van der Waals surface area (Å²) in [6.07, 6.45) is 0. The number of ether oxygens (including phenoxy) is 1. The van der Waals surface area contributed by atoms with Crippen LogP contribution < -0.4 is 9.62 Å². The molecule has 0 unspecified atom stereocenters. The standard InChI is InChI=1S/C27H24N2O4S/c30-26(17-29-24-10-4-8-23-9-5-11-25(27(23)24)34(29,31)32)28-16-20-12-14-22(15-13-20)19-33-18-21-6-2-1-3-7-21/h1-15H,16-19H2,(H,28,30). The first-order chi connectivity index (χ1) is 16.5. The molecule has 34 heavy (non-hydrogen) atoms. The van der Waals surface area contributed by atoms with Crippen LogP contribution in [0.15, 0.2) is 95.9 Å². The predicted molar refractivity (Wildman–Crippen MR) is 132 cm³/mol. The van der Waals surface area contributed by atoms with Gasteiger partial charge in [0.25, 0.3) is 10.0 Å². The molecule has 1 N–H and O–H groups in total. The number of nitrogens with one attached hydrogen (secondary N) is 1. The van der Waals surface area contributed by atoms with E-state index in [9.17, 15) is 13.2 Å². The van der Waals surface area contributed by atoms with E-state index in [0.717, 1.165) is 22.1 Å². The van der Waals surface area contributed by atoms with E-state index in [1.54, 1.807) is 24.3 Å². The minimum atomic E-state index is -3.75. The SMILES string of the molecule is O=C(CN1c2cccc3cccc(c23)S1(=O)=O)NCc1ccc(COCc2ccccc2)cc1. The Labute approximate surface area is 198 Å². The highest BCUT2D eigenvalue weighted by Gasteiger charge is 2.36. The van der Waals surface area contributed by atoms with Gasteiger partial charge in [-0.3, -0.25) is 9.10 Å². The Bertz CT molecular complexity index is 1430. The van der Waals surface area contributed by atoms with E-state index < -0.39 is 10.0 Å². The molecule has 1 amide bonds. The average Bonchev–Trinajstić information content (AvgIpc) is 3.07. The number of carbonyl (C=O) groups excluding carboxylic acids is 1. The fourth-order valence-corrected chi connectivity index (χ4v) is 5.80. The number of carbonyl (C=O) groups is 1. The zero-order valence-electron chi connectivity index (χ0n) is 18.5. The molecule has 7 heteroatoms. The minimum Gasteiger partial charge on any atom is -0.372 e. The molecule has 0 bridgehead atoms. The summed E-state index contributed by atoms with van der Waals surface area (Å²) in [7, 11) is -3.75. The maximum atomic E-state index is 13.0. The molecule has 0 spiro atoms. The van der Waals surface area contributed by atoms with Gasteiger partial charge >= 0.3 is 0 Å². The number of benzene rings is 4. The third-order valence-corrected chi connectivity index (χ3v) is 7.66. The van der Waals surface area contributed by atoms with Gasteiger partial charge in [-0.15, -0.1) is 0 Å². The van der Waals surface area contributed by atoms with Crippen molar-refractivity contribution < 1.29 is 17.9 Å². The number of amides is 1. The van der Waals surface area contributed by atoms with Crippen LogP contribution in [0.1, 0.15) is 16.7 Å². The quantitative estimate of drug-likeness (QED) is 0.413. The predicted octanol–water partition coefficient (Wildman–Crippen LogP) is 4.38. The summed E-state index contributed by atoms with van der Waals surface area (Å²) in [6, 6.07) is 28.4. The van der Waals surface area contributed by atoms with Gasteiger partial charge in [0.1, 0.15) is 6.54 Å². The maximum absolute atomic E-state index is 13.0. The van der Waals surface area contributed by atoms with Crippen LogP contribution in [0.25, 0.3) is 10.8 Å². The monoisotopic (exact) mass is 472 g/mol. The van der Waals surface area contributed by atoms with Gasteiger partial charge in [-0.1, -0.05) is 78.9 Å². The normalized spacial score (nSPS) is 13.8. The molecule has 0 saturated carbocycles. The van der Waals surface area contributed by atoms with E-state index in [2.05, 4.69) is 5.32 Å². The first kappa shape index (κ1) is 22.1. The third kappa shape index (κ3) is 4.40. The Kier molecular flexibility index (Phi) is 6.04. The second-order valence-electron chi connectivity index (χ2n) is 8.21. The number of hydrogen-bond acceptors (Lipinski definition) is 4. The van der Waals surface area contributed by atoms with Crippen molar-refractivity contribution in [3.05, 3.63) is 108 Å². The van der Waals surface area contributed by atoms with Crippen molar-refractivity contribution in [1.82, 2.24) is 5.32 Å². The van der Waals surface area contributed by atoms with Crippen LogP contribution in [0.2, 0.25) is 0 Å². The largest absolute Gasteiger partial charge is 0.372 e. The molecule has 1 aliphatic heterocycles. The highest BCUT2D eigenvalue weighted by molar-refractivity contribution is 7.93. The molecular weight excluding hydrogens is 448 g/mol. The Balaban J connectivity index is 1.17. The molecule has 5 rings (SSSR count). The van der Waals surface area contributed by atoms with Crippen LogP contribution in [0.4, 0.5) is 5.69 Å². The Morgan fingerprint density at radius 1 is 0.765 bits per heavy atom. The lowest BCUT2D eigenvalue weighted by atomic mass is 10.1. The fraction of sp³-hybridized carbons (Fsp3) is 0.148. The highest BCUT2D eigenvalue weighted by atomic mass is 32.2. The molecule has 0 radical (unpaired) electrons. The lowest BCUT2D eigenvalue weighted by molar-refractivity contribution is -0.119. The van der Waals surface area contributed by atoms with Crippen LogP contribution in [-0.4, -0.2) is 20.9 Å². The van der Waals surface area contributed by atoms with Gasteiger partial charge in [0, 0.05) is 11.9 Å². The Morgan fingerprint density at radius 3 is 2.15 bits per heavy atom. The molecule has 4 aromatic carbocycles. The average molecular weight is 473 g/mol. The summed E-state index contributed by atoms with van der Waals surface area (Å²) in [6.45, 7) is 1.10. The topological polar surface area (TPSA) is 75.7 Å². The lowest BCUT2D eigenvalue weighted by Gasteiger charge is -2.18. The summed E-state index contributed by atoms with van der Waals surface area (Å²) in [5.41, 5.74) is 3.64. The molecule has 0 aromatic heterocycles. The highest BCUT2D eigenvalue weighted by Crippen LogP contribution is 2.41. The maximum Gasteiger partial charge on any atom is 0.265 e. The van der Waals surface area contributed by atoms with Crippen LogP contribution in [0, 0.1) is 0 Å². The number of rotatable bonds is 8. The Hall–Kier alpha value is -3.68. The van der Waals surface area contributed by atoms with Crippen LogP contribution in [0.5, 0.6) is 0 Å². The smallest absolute Gasteiger partial charge is 0.265 e. The van der Waals surface area contributed by atoms with E-state index in [-0.39, 0.29) is 17.3 Å². The zero-order valence-corrected chi connectivity index (χ0v) is 19.3. The van der Waals surface area contributed by atoms with Gasteiger partial charge in [0.15, 0.2) is 0 Å². The molecule has 172 valence electrons. The molecule has 0 aliphatic carbocycles. The van der Waals surface area contributed by atoms with Crippen molar-refractivity contribution in [3.8, 4) is 0 Å². The fourth-order valence-electron chi connectivity index (χ4n) is 4.13. The van der Waals surface area contributed by atoms with Gasteiger partial charge in [0.2, 0.25) is 5.91 Å². The zero-order chi connectivity index (χ0) is 23.5. The van der Waals surface area contributed by atoms with E-state index in [4.69, 9.17) is 4.74 Å². The molecule has 0 atom stereocenters. The summed E-state index contributed by atoms with van der Waals surface area (Å²) in [5, 5.41) is 4.34. The molecule has 6 nitrogen and oxygen atoms in total. The van der Waals surface area contributed by atoms with Crippen molar-refractivity contribution in [3.63, 3.8) is 0 Å². The molecule has 1 heterocycles. The van der Waals surface area contributed by atoms with Gasteiger partial charge in [-0.05, 0) is 34.2 Å². The van der Waals surface area contributed by atoms with Gasteiger partial charge in [-0.2, -0.15) is 0 Å². The van der Waals surface area contributed by atoms with Gasteiger partial charge < -0.3 is 10.1 Å². The summed E-state index contributed by atoms with van der Waals surface area (Å²) < 4.78 is 33.0. The van der Waals surface area contributed by atoms with Crippen LogP contribution in [0.3, 0.4) is 0 Å². The number of sulfonamides is 1. The first-order valence-electron chi connectivity index (χ1n) is 11.0. The number of anilines is 1.